The highest BCUT2D eigenvalue weighted by Gasteiger charge is 2.34. The van der Waals surface area contributed by atoms with Crippen LogP contribution in [0.15, 0.2) is 22.7 Å². The highest BCUT2D eigenvalue weighted by molar-refractivity contribution is 9.10. The van der Waals surface area contributed by atoms with Crippen molar-refractivity contribution < 1.29 is 18.3 Å². The van der Waals surface area contributed by atoms with Crippen molar-refractivity contribution in [2.75, 3.05) is 6.61 Å². The maximum absolute atomic E-state index is 12.5. The van der Waals surface area contributed by atoms with Gasteiger partial charge in [0.2, 0.25) is 0 Å². The lowest BCUT2D eigenvalue weighted by Gasteiger charge is -2.16. The number of halogens is 4. The molecule has 1 aromatic rings. The Labute approximate surface area is 93.0 Å². The molecule has 0 saturated carbocycles. The Balaban J connectivity index is 3.27. The summed E-state index contributed by atoms with van der Waals surface area (Å²) in [6.07, 6.45) is -4.46. The van der Waals surface area contributed by atoms with Crippen LogP contribution in [0, 0.1) is 0 Å². The van der Waals surface area contributed by atoms with Gasteiger partial charge < -0.3 is 10.8 Å². The highest BCUT2D eigenvalue weighted by atomic mass is 79.9. The van der Waals surface area contributed by atoms with Crippen LogP contribution in [0.25, 0.3) is 0 Å². The fourth-order valence-electron chi connectivity index (χ4n) is 1.20. The third kappa shape index (κ3) is 2.93. The van der Waals surface area contributed by atoms with E-state index in [1.807, 2.05) is 0 Å². The number of hydrogen-bond donors (Lipinski definition) is 2. The van der Waals surface area contributed by atoms with Gasteiger partial charge in [0, 0.05) is 4.47 Å². The fraction of sp³-hybridized carbons (Fsp3) is 0.333. The van der Waals surface area contributed by atoms with E-state index in [9.17, 15) is 13.2 Å². The van der Waals surface area contributed by atoms with Gasteiger partial charge in [-0.15, -0.1) is 0 Å². The Bertz CT molecular complexity index is 354. The molecule has 0 radical (unpaired) electrons. The number of benzene rings is 1. The summed E-state index contributed by atoms with van der Waals surface area (Å²) in [5.41, 5.74) is 4.47. The molecule has 0 aromatic heterocycles. The molecule has 0 aliphatic rings. The SMILES string of the molecule is N[C@@H](CO)c1cc(Br)ccc1C(F)(F)F. The molecule has 0 bridgehead atoms. The molecule has 1 rings (SSSR count). The van der Waals surface area contributed by atoms with E-state index in [1.165, 1.54) is 12.1 Å². The molecule has 1 aromatic carbocycles. The zero-order chi connectivity index (χ0) is 11.6. The Morgan fingerprint density at radius 2 is 2.00 bits per heavy atom. The Morgan fingerprint density at radius 1 is 1.40 bits per heavy atom. The quantitative estimate of drug-likeness (QED) is 0.876. The Kier molecular flexibility index (Phi) is 3.75. The molecule has 0 amide bonds. The lowest BCUT2D eigenvalue weighted by atomic mass is 10.0. The number of hydrogen-bond acceptors (Lipinski definition) is 2. The number of rotatable bonds is 2. The topological polar surface area (TPSA) is 46.2 Å². The van der Waals surface area contributed by atoms with Crippen LogP contribution in [-0.4, -0.2) is 11.7 Å². The van der Waals surface area contributed by atoms with Gasteiger partial charge in [0.1, 0.15) is 0 Å². The van der Waals surface area contributed by atoms with E-state index in [1.54, 1.807) is 0 Å². The standard InChI is InChI=1S/C9H9BrF3NO/c10-5-1-2-7(9(11,12)13)6(3-5)8(14)4-15/h1-3,8,15H,4,14H2/t8-/m0/s1. The van der Waals surface area contributed by atoms with Gasteiger partial charge in [-0.3, -0.25) is 0 Å². The second-order valence-corrected chi connectivity index (χ2v) is 3.93. The maximum atomic E-state index is 12.5. The van der Waals surface area contributed by atoms with Gasteiger partial charge in [0.15, 0.2) is 0 Å². The van der Waals surface area contributed by atoms with Crippen molar-refractivity contribution in [1.29, 1.82) is 0 Å². The molecule has 0 fully saturated rings. The van der Waals surface area contributed by atoms with Crippen molar-refractivity contribution in [2.45, 2.75) is 12.2 Å². The summed E-state index contributed by atoms with van der Waals surface area (Å²) in [5.74, 6) is 0. The van der Waals surface area contributed by atoms with Gasteiger partial charge in [0.05, 0.1) is 18.2 Å². The number of aliphatic hydroxyl groups excluding tert-OH is 1. The summed E-state index contributed by atoms with van der Waals surface area (Å²) >= 11 is 3.06. The van der Waals surface area contributed by atoms with Crippen LogP contribution >= 0.6 is 15.9 Å². The summed E-state index contributed by atoms with van der Waals surface area (Å²) in [6, 6.07) is 2.47. The van der Waals surface area contributed by atoms with Gasteiger partial charge in [-0.05, 0) is 23.8 Å². The van der Waals surface area contributed by atoms with Gasteiger partial charge in [-0.1, -0.05) is 15.9 Å². The molecule has 2 nitrogen and oxygen atoms in total. The Morgan fingerprint density at radius 3 is 2.47 bits per heavy atom. The summed E-state index contributed by atoms with van der Waals surface area (Å²) in [6.45, 7) is -0.528. The molecule has 0 heterocycles. The van der Waals surface area contributed by atoms with Crippen LogP contribution in [0.5, 0.6) is 0 Å². The monoisotopic (exact) mass is 283 g/mol. The molecule has 0 saturated heterocycles. The average Bonchev–Trinajstić information content (AvgIpc) is 2.14. The third-order valence-electron chi connectivity index (χ3n) is 1.92. The summed E-state index contributed by atoms with van der Waals surface area (Å²) in [7, 11) is 0. The van der Waals surface area contributed by atoms with Crippen molar-refractivity contribution in [1.82, 2.24) is 0 Å². The van der Waals surface area contributed by atoms with E-state index in [0.29, 0.717) is 4.47 Å². The van der Waals surface area contributed by atoms with Crippen molar-refractivity contribution >= 4 is 15.9 Å². The van der Waals surface area contributed by atoms with Crippen LogP contribution in [0.3, 0.4) is 0 Å². The van der Waals surface area contributed by atoms with Crippen LogP contribution in [0.4, 0.5) is 13.2 Å². The number of alkyl halides is 3. The first-order valence-corrected chi connectivity index (χ1v) is 4.88. The zero-order valence-corrected chi connectivity index (χ0v) is 9.14. The average molecular weight is 284 g/mol. The summed E-state index contributed by atoms with van der Waals surface area (Å²) in [5, 5.41) is 8.76. The highest BCUT2D eigenvalue weighted by Crippen LogP contribution is 2.35. The first kappa shape index (κ1) is 12.5. The lowest BCUT2D eigenvalue weighted by molar-refractivity contribution is -0.138. The molecular formula is C9H9BrF3NO. The third-order valence-corrected chi connectivity index (χ3v) is 2.41. The molecule has 0 unspecified atom stereocenters. The van der Waals surface area contributed by atoms with Gasteiger partial charge in [0.25, 0.3) is 0 Å². The molecule has 6 heteroatoms. The predicted octanol–water partition coefficient (Wildman–Crippen LogP) is 2.46. The van der Waals surface area contributed by atoms with E-state index in [-0.39, 0.29) is 5.56 Å². The molecule has 3 N–H and O–H groups in total. The maximum Gasteiger partial charge on any atom is 0.416 e. The summed E-state index contributed by atoms with van der Waals surface area (Å²) in [4.78, 5) is 0. The van der Waals surface area contributed by atoms with E-state index in [0.717, 1.165) is 6.07 Å². The Hall–Kier alpha value is -0.590. The molecular weight excluding hydrogens is 275 g/mol. The van der Waals surface area contributed by atoms with E-state index in [2.05, 4.69) is 15.9 Å². The largest absolute Gasteiger partial charge is 0.416 e. The van der Waals surface area contributed by atoms with E-state index < -0.39 is 24.4 Å². The lowest BCUT2D eigenvalue weighted by Crippen LogP contribution is -2.20. The second kappa shape index (κ2) is 4.51. The van der Waals surface area contributed by atoms with E-state index >= 15 is 0 Å². The molecule has 84 valence electrons. The van der Waals surface area contributed by atoms with Crippen molar-refractivity contribution in [3.05, 3.63) is 33.8 Å². The first-order chi connectivity index (χ1) is 6.86. The molecule has 0 aliphatic carbocycles. The summed E-state index contributed by atoms with van der Waals surface area (Å²) < 4.78 is 38.1. The minimum atomic E-state index is -4.46. The minimum absolute atomic E-state index is 0.112. The predicted molar refractivity (Wildman–Crippen MR) is 53.2 cm³/mol. The zero-order valence-electron chi connectivity index (χ0n) is 7.55. The van der Waals surface area contributed by atoms with Crippen LogP contribution in [0.1, 0.15) is 17.2 Å². The number of aliphatic hydroxyl groups is 1. The molecule has 0 spiro atoms. The number of nitrogens with two attached hydrogens (primary N) is 1. The normalized spacial score (nSPS) is 14.0. The first-order valence-electron chi connectivity index (χ1n) is 4.09. The van der Waals surface area contributed by atoms with Crippen molar-refractivity contribution in [2.24, 2.45) is 5.73 Å². The molecule has 15 heavy (non-hydrogen) atoms. The minimum Gasteiger partial charge on any atom is -0.394 e. The van der Waals surface area contributed by atoms with Crippen molar-refractivity contribution in [3.63, 3.8) is 0 Å². The molecule has 1 atom stereocenters. The van der Waals surface area contributed by atoms with Crippen molar-refractivity contribution in [3.8, 4) is 0 Å². The molecule has 0 aliphatic heterocycles. The van der Waals surface area contributed by atoms with Crippen LogP contribution in [-0.2, 0) is 6.18 Å². The smallest absolute Gasteiger partial charge is 0.394 e. The van der Waals surface area contributed by atoms with Gasteiger partial charge in [-0.25, -0.2) is 0 Å². The fourth-order valence-corrected chi connectivity index (χ4v) is 1.58. The van der Waals surface area contributed by atoms with E-state index in [4.69, 9.17) is 10.8 Å². The van der Waals surface area contributed by atoms with Gasteiger partial charge in [-0.2, -0.15) is 13.2 Å². The second-order valence-electron chi connectivity index (χ2n) is 3.02. The van der Waals surface area contributed by atoms with Crippen LogP contribution < -0.4 is 5.73 Å². The van der Waals surface area contributed by atoms with Gasteiger partial charge >= 0.3 is 6.18 Å². The van der Waals surface area contributed by atoms with Crippen LogP contribution in [0.2, 0.25) is 0 Å².